The Morgan fingerprint density at radius 1 is 0.667 bits per heavy atom. The summed E-state index contributed by atoms with van der Waals surface area (Å²) in [6.45, 7) is 17.2. The molecule has 2 aromatic carbocycles. The molecule has 2 saturated heterocycles. The Labute approximate surface area is 286 Å². The SMILES string of the molecule is CC(C)(C)C1=C/C(=C\C2=C(O)C(/C=C3\C=C(C(C)(C)C)Oc4cc(N5CCCCC5)ccc43)C2O)c2ccc(N3CCCCC3)cc2O1. The van der Waals surface area contributed by atoms with Gasteiger partial charge in [-0.15, -0.1) is 0 Å². The highest BCUT2D eigenvalue weighted by molar-refractivity contribution is 5.85. The summed E-state index contributed by atoms with van der Waals surface area (Å²) in [7, 11) is 0. The van der Waals surface area contributed by atoms with Gasteiger partial charge in [0.1, 0.15) is 28.8 Å². The summed E-state index contributed by atoms with van der Waals surface area (Å²) in [5.74, 6) is 3.09. The fraction of sp³-hybridized carbons (Fsp3) is 0.476. The van der Waals surface area contributed by atoms with Crippen LogP contribution in [0.1, 0.15) is 91.2 Å². The van der Waals surface area contributed by atoms with Crippen LogP contribution in [-0.4, -0.2) is 42.5 Å². The second kappa shape index (κ2) is 12.5. The fourth-order valence-corrected chi connectivity index (χ4v) is 7.38. The molecule has 5 aliphatic rings. The van der Waals surface area contributed by atoms with Gasteiger partial charge in [-0.05, 0) is 92.2 Å². The third kappa shape index (κ3) is 6.32. The van der Waals surface area contributed by atoms with E-state index in [0.29, 0.717) is 5.57 Å². The molecule has 2 N–H and O–H groups in total. The Balaban J connectivity index is 1.23. The molecule has 4 heterocycles. The summed E-state index contributed by atoms with van der Waals surface area (Å²) in [6.07, 6.45) is 14.7. The summed E-state index contributed by atoms with van der Waals surface area (Å²) < 4.78 is 13.0. The van der Waals surface area contributed by atoms with Gasteiger partial charge in [-0.2, -0.15) is 0 Å². The van der Waals surface area contributed by atoms with Crippen molar-refractivity contribution in [2.75, 3.05) is 36.0 Å². The molecular weight excluding hydrogens is 596 g/mol. The van der Waals surface area contributed by atoms with Crippen LogP contribution in [0.15, 0.2) is 83.6 Å². The molecule has 0 radical (unpaired) electrons. The third-order valence-corrected chi connectivity index (χ3v) is 10.4. The summed E-state index contributed by atoms with van der Waals surface area (Å²) in [6, 6.07) is 12.9. The van der Waals surface area contributed by atoms with E-state index < -0.39 is 12.0 Å². The van der Waals surface area contributed by atoms with E-state index in [-0.39, 0.29) is 16.6 Å². The predicted octanol–water partition coefficient (Wildman–Crippen LogP) is 9.58. The molecule has 0 saturated carbocycles. The van der Waals surface area contributed by atoms with Crippen molar-refractivity contribution in [2.24, 2.45) is 16.7 Å². The number of piperidine rings is 2. The molecule has 2 unspecified atom stereocenters. The van der Waals surface area contributed by atoms with Crippen molar-refractivity contribution >= 4 is 22.5 Å². The number of allylic oxidation sites excluding steroid dienone is 6. The number of aliphatic hydroxyl groups is 2. The minimum atomic E-state index is -0.833. The van der Waals surface area contributed by atoms with E-state index in [2.05, 4.69) is 99.9 Å². The van der Waals surface area contributed by atoms with Crippen LogP contribution >= 0.6 is 0 Å². The monoisotopic (exact) mass is 648 g/mol. The first-order chi connectivity index (χ1) is 22.9. The smallest absolute Gasteiger partial charge is 0.136 e. The Bertz CT molecular complexity index is 1730. The molecule has 4 aliphatic heterocycles. The second-order valence-corrected chi connectivity index (χ2v) is 16.2. The van der Waals surface area contributed by atoms with Crippen molar-refractivity contribution in [3.8, 4) is 11.5 Å². The van der Waals surface area contributed by atoms with Crippen LogP contribution in [0.3, 0.4) is 0 Å². The van der Waals surface area contributed by atoms with Crippen LogP contribution in [0.25, 0.3) is 11.1 Å². The van der Waals surface area contributed by atoms with E-state index in [1.54, 1.807) is 0 Å². The van der Waals surface area contributed by atoms with Crippen molar-refractivity contribution in [1.82, 2.24) is 0 Å². The van der Waals surface area contributed by atoms with Crippen LogP contribution < -0.4 is 19.3 Å². The Morgan fingerprint density at radius 2 is 1.12 bits per heavy atom. The lowest BCUT2D eigenvalue weighted by Crippen LogP contribution is -2.34. The molecule has 2 atom stereocenters. The molecule has 0 bridgehead atoms. The van der Waals surface area contributed by atoms with E-state index in [4.69, 9.17) is 9.47 Å². The standard InChI is InChI=1S/C42H52N2O4/c1-41(2,3)37-23-27(31-15-13-29(25-35(31)47-37)43-17-9-7-10-18-43)21-33-39(45)34(40(33)46)22-28-24-38(42(4,5)6)48-36-26-30(14-16-32(28)36)44-19-11-8-12-20-44/h13-16,21-26,33,39,45-46H,7-12,17-20H2,1-6H3/b27-21+,28-22+. The summed E-state index contributed by atoms with van der Waals surface area (Å²) in [5.41, 5.74) is 6.37. The Morgan fingerprint density at radius 3 is 1.58 bits per heavy atom. The molecular formula is C42H52N2O4. The number of aliphatic hydroxyl groups excluding tert-OH is 2. The van der Waals surface area contributed by atoms with E-state index in [1.807, 2.05) is 12.2 Å². The van der Waals surface area contributed by atoms with Gasteiger partial charge < -0.3 is 29.5 Å². The van der Waals surface area contributed by atoms with Crippen molar-refractivity contribution in [3.05, 3.63) is 94.7 Å². The van der Waals surface area contributed by atoms with E-state index in [9.17, 15) is 10.2 Å². The molecule has 0 amide bonds. The Kier molecular flexibility index (Phi) is 8.52. The number of fused-ring (bicyclic) bond motifs is 2. The van der Waals surface area contributed by atoms with Gasteiger partial charge in [-0.25, -0.2) is 0 Å². The van der Waals surface area contributed by atoms with Gasteiger partial charge in [0.2, 0.25) is 0 Å². The number of hydrogen-bond acceptors (Lipinski definition) is 6. The Hall–Kier alpha value is -3.90. The average Bonchev–Trinajstić information content (AvgIpc) is 3.08. The maximum atomic E-state index is 11.6. The van der Waals surface area contributed by atoms with Crippen molar-refractivity contribution in [1.29, 1.82) is 0 Å². The summed E-state index contributed by atoms with van der Waals surface area (Å²) >= 11 is 0. The van der Waals surface area contributed by atoms with E-state index in [0.717, 1.165) is 71.5 Å². The third-order valence-electron chi connectivity index (χ3n) is 10.4. The highest BCUT2D eigenvalue weighted by atomic mass is 16.5. The van der Waals surface area contributed by atoms with Crippen LogP contribution in [0.2, 0.25) is 0 Å². The maximum Gasteiger partial charge on any atom is 0.136 e. The van der Waals surface area contributed by atoms with Gasteiger partial charge in [0.05, 0.1) is 12.0 Å². The lowest BCUT2D eigenvalue weighted by molar-refractivity contribution is 0.113. The molecule has 48 heavy (non-hydrogen) atoms. The van der Waals surface area contributed by atoms with Gasteiger partial charge in [0.25, 0.3) is 0 Å². The molecule has 6 heteroatoms. The first-order valence-corrected chi connectivity index (χ1v) is 18.0. The van der Waals surface area contributed by atoms with Gasteiger partial charge in [-0.1, -0.05) is 47.6 Å². The lowest BCUT2D eigenvalue weighted by atomic mass is 9.77. The molecule has 1 aliphatic carbocycles. The normalized spacial score (nSPS) is 24.7. The molecule has 254 valence electrons. The summed E-state index contributed by atoms with van der Waals surface area (Å²) in [5, 5.41) is 23.0. The molecule has 0 aromatic heterocycles. The first kappa shape index (κ1) is 32.6. The zero-order chi connectivity index (χ0) is 33.8. The van der Waals surface area contributed by atoms with Crippen LogP contribution in [0.4, 0.5) is 11.4 Å². The highest BCUT2D eigenvalue weighted by Crippen LogP contribution is 2.47. The van der Waals surface area contributed by atoms with E-state index >= 15 is 0 Å². The molecule has 2 aromatic rings. The van der Waals surface area contributed by atoms with Gasteiger partial charge in [0.15, 0.2) is 0 Å². The minimum Gasteiger partial charge on any atom is -0.511 e. The molecule has 2 fully saturated rings. The van der Waals surface area contributed by atoms with Crippen LogP contribution in [-0.2, 0) is 0 Å². The second-order valence-electron chi connectivity index (χ2n) is 16.2. The van der Waals surface area contributed by atoms with E-state index in [1.165, 1.54) is 49.9 Å². The largest absolute Gasteiger partial charge is 0.511 e. The highest BCUT2D eigenvalue weighted by Gasteiger charge is 2.39. The summed E-state index contributed by atoms with van der Waals surface area (Å²) in [4.78, 5) is 4.88. The molecule has 7 rings (SSSR count). The van der Waals surface area contributed by atoms with Gasteiger partial charge >= 0.3 is 0 Å². The maximum absolute atomic E-state index is 11.6. The molecule has 6 nitrogen and oxygen atoms in total. The minimum absolute atomic E-state index is 0.203. The van der Waals surface area contributed by atoms with Crippen LogP contribution in [0.5, 0.6) is 11.5 Å². The zero-order valence-electron chi connectivity index (χ0n) is 29.6. The predicted molar refractivity (Wildman–Crippen MR) is 196 cm³/mol. The van der Waals surface area contributed by atoms with Crippen LogP contribution in [0, 0.1) is 16.7 Å². The average molecular weight is 649 g/mol. The number of rotatable bonds is 4. The zero-order valence-corrected chi connectivity index (χ0v) is 29.6. The van der Waals surface area contributed by atoms with Crippen molar-refractivity contribution < 1.29 is 19.7 Å². The number of hydrogen-bond donors (Lipinski definition) is 2. The number of anilines is 2. The number of benzene rings is 2. The topological polar surface area (TPSA) is 65.4 Å². The van der Waals surface area contributed by atoms with Gasteiger partial charge in [0, 0.05) is 77.2 Å². The van der Waals surface area contributed by atoms with Crippen molar-refractivity contribution in [3.63, 3.8) is 0 Å². The quantitative estimate of drug-likeness (QED) is 0.344. The van der Waals surface area contributed by atoms with Crippen molar-refractivity contribution in [2.45, 2.75) is 86.2 Å². The number of nitrogens with zero attached hydrogens (tertiary/aromatic N) is 2. The molecule has 0 spiro atoms. The first-order valence-electron chi connectivity index (χ1n) is 18.0. The fourth-order valence-electron chi connectivity index (χ4n) is 7.38. The lowest BCUT2D eigenvalue weighted by Gasteiger charge is -2.35. The van der Waals surface area contributed by atoms with Gasteiger partial charge in [-0.3, -0.25) is 0 Å². The number of ether oxygens (including phenoxy) is 2.